The average Bonchev–Trinajstić information content (AvgIpc) is 2.98. The van der Waals surface area contributed by atoms with Crippen LogP contribution < -0.4 is 16.0 Å². The zero-order chi connectivity index (χ0) is 18.7. The summed E-state index contributed by atoms with van der Waals surface area (Å²) in [6.07, 6.45) is 3.21. The third kappa shape index (κ3) is 3.85. The van der Waals surface area contributed by atoms with Gasteiger partial charge in [-0.25, -0.2) is 4.98 Å². The summed E-state index contributed by atoms with van der Waals surface area (Å²) < 4.78 is 4.23. The summed E-state index contributed by atoms with van der Waals surface area (Å²) in [6.45, 7) is 5.61. The van der Waals surface area contributed by atoms with E-state index < -0.39 is 0 Å². The van der Waals surface area contributed by atoms with Crippen molar-refractivity contribution in [1.82, 2.24) is 14.7 Å². The Morgan fingerprint density at radius 2 is 2.08 bits per heavy atom. The number of pyridine rings is 1. The number of rotatable bonds is 5. The first kappa shape index (κ1) is 18.3. The Hall–Kier alpha value is -2.48. The van der Waals surface area contributed by atoms with Gasteiger partial charge in [0.25, 0.3) is 5.91 Å². The van der Waals surface area contributed by atoms with Crippen LogP contribution >= 0.6 is 11.5 Å². The highest BCUT2D eigenvalue weighted by Crippen LogP contribution is 2.24. The topological polar surface area (TPSA) is 101 Å². The minimum atomic E-state index is -0.228. The lowest BCUT2D eigenvalue weighted by Gasteiger charge is -2.32. The Morgan fingerprint density at radius 1 is 1.35 bits per heavy atom. The van der Waals surface area contributed by atoms with Crippen molar-refractivity contribution < 1.29 is 9.59 Å². The second-order valence-corrected chi connectivity index (χ2v) is 7.51. The average molecular weight is 373 g/mol. The van der Waals surface area contributed by atoms with Crippen molar-refractivity contribution in [1.29, 1.82) is 0 Å². The Balaban J connectivity index is 1.68. The van der Waals surface area contributed by atoms with Crippen LogP contribution in [0.15, 0.2) is 18.3 Å². The lowest BCUT2D eigenvalue weighted by Crippen LogP contribution is -2.39. The van der Waals surface area contributed by atoms with Crippen LogP contribution in [0.2, 0.25) is 0 Å². The smallest absolute Gasteiger partial charge is 0.254 e. The zero-order valence-electron chi connectivity index (χ0n) is 15.0. The second-order valence-electron chi connectivity index (χ2n) is 6.53. The largest absolute Gasteiger partial charge is 0.369 e. The minimum Gasteiger partial charge on any atom is -0.369 e. The lowest BCUT2D eigenvalue weighted by atomic mass is 9.96. The molecule has 1 saturated heterocycles. The van der Waals surface area contributed by atoms with Crippen molar-refractivity contribution in [2.45, 2.75) is 33.2 Å². The van der Waals surface area contributed by atoms with E-state index in [1.54, 1.807) is 6.20 Å². The number of primary amides is 1. The molecule has 0 saturated carbocycles. The van der Waals surface area contributed by atoms with Gasteiger partial charge in [-0.3, -0.25) is 9.59 Å². The molecule has 7 nitrogen and oxygen atoms in total. The van der Waals surface area contributed by atoms with Crippen LogP contribution in [0.4, 0.5) is 5.82 Å². The van der Waals surface area contributed by atoms with E-state index in [4.69, 9.17) is 5.73 Å². The fourth-order valence-corrected chi connectivity index (χ4v) is 4.00. The molecule has 2 aromatic rings. The molecule has 2 amide bonds. The van der Waals surface area contributed by atoms with Crippen LogP contribution in [0.25, 0.3) is 0 Å². The number of hydrogen-bond donors (Lipinski definition) is 2. The predicted molar refractivity (Wildman–Crippen MR) is 101 cm³/mol. The van der Waals surface area contributed by atoms with Gasteiger partial charge in [0.05, 0.1) is 11.3 Å². The van der Waals surface area contributed by atoms with E-state index in [-0.39, 0.29) is 17.7 Å². The summed E-state index contributed by atoms with van der Waals surface area (Å²) in [6, 6.07) is 3.83. The number of nitrogens with one attached hydrogen (secondary N) is 1. The quantitative estimate of drug-likeness (QED) is 0.832. The number of piperidine rings is 1. The van der Waals surface area contributed by atoms with Gasteiger partial charge in [-0.1, -0.05) is 6.07 Å². The number of carbonyl (C=O) groups excluding carboxylic acids is 2. The molecule has 26 heavy (non-hydrogen) atoms. The monoisotopic (exact) mass is 373 g/mol. The highest BCUT2D eigenvalue weighted by Gasteiger charge is 2.25. The van der Waals surface area contributed by atoms with Gasteiger partial charge < -0.3 is 16.0 Å². The van der Waals surface area contributed by atoms with E-state index in [1.165, 1.54) is 11.5 Å². The van der Waals surface area contributed by atoms with Gasteiger partial charge in [-0.15, -0.1) is 0 Å². The molecular weight excluding hydrogens is 350 g/mol. The normalized spacial score (nSPS) is 15.1. The predicted octanol–water partition coefficient (Wildman–Crippen LogP) is 1.79. The van der Waals surface area contributed by atoms with Crippen molar-refractivity contribution in [3.05, 3.63) is 40.0 Å². The third-order valence-corrected chi connectivity index (χ3v) is 5.61. The highest BCUT2D eigenvalue weighted by atomic mass is 32.1. The van der Waals surface area contributed by atoms with Crippen LogP contribution in [0.1, 0.15) is 39.3 Å². The van der Waals surface area contributed by atoms with Crippen molar-refractivity contribution in [3.8, 4) is 0 Å². The molecule has 138 valence electrons. The standard InChI is InChI=1S/C18H23N5O2S/c1-11-15(12(2)26-22-11)18(25)21-10-14-4-3-7-20-17(14)23-8-5-13(6-9-23)16(19)24/h3-4,7,13H,5-6,8-10H2,1-2H3,(H2,19,24)(H,21,25). The van der Waals surface area contributed by atoms with Gasteiger partial charge >= 0.3 is 0 Å². The lowest BCUT2D eigenvalue weighted by molar-refractivity contribution is -0.122. The number of aromatic nitrogens is 2. The molecule has 3 heterocycles. The van der Waals surface area contributed by atoms with Crippen molar-refractivity contribution >= 4 is 29.2 Å². The molecule has 3 N–H and O–H groups in total. The maximum Gasteiger partial charge on any atom is 0.254 e. The summed E-state index contributed by atoms with van der Waals surface area (Å²) >= 11 is 1.34. The molecule has 0 bridgehead atoms. The summed E-state index contributed by atoms with van der Waals surface area (Å²) in [5.41, 5.74) is 7.77. The second kappa shape index (κ2) is 7.82. The first-order valence-corrected chi connectivity index (χ1v) is 9.44. The van der Waals surface area contributed by atoms with Crippen molar-refractivity contribution in [3.63, 3.8) is 0 Å². The summed E-state index contributed by atoms with van der Waals surface area (Å²) in [5, 5.41) is 2.98. The fourth-order valence-electron chi connectivity index (χ4n) is 3.30. The molecule has 1 aliphatic rings. The molecule has 0 atom stereocenters. The molecule has 1 fully saturated rings. The zero-order valence-corrected chi connectivity index (χ0v) is 15.8. The van der Waals surface area contributed by atoms with E-state index in [9.17, 15) is 9.59 Å². The van der Waals surface area contributed by atoms with Crippen LogP contribution in [-0.2, 0) is 11.3 Å². The molecule has 3 rings (SSSR count). The Labute approximate surface area is 156 Å². The number of nitrogens with two attached hydrogens (primary N) is 1. The van der Waals surface area contributed by atoms with Crippen LogP contribution in [0.3, 0.4) is 0 Å². The van der Waals surface area contributed by atoms with Gasteiger partial charge in [0.1, 0.15) is 5.82 Å². The van der Waals surface area contributed by atoms with E-state index in [1.807, 2.05) is 26.0 Å². The van der Waals surface area contributed by atoms with Crippen molar-refractivity contribution in [2.24, 2.45) is 11.7 Å². The van der Waals surface area contributed by atoms with Gasteiger partial charge in [0, 0.05) is 42.2 Å². The molecule has 1 aliphatic heterocycles. The Bertz CT molecular complexity index is 792. The minimum absolute atomic E-state index is 0.0600. The SMILES string of the molecule is Cc1nsc(C)c1C(=O)NCc1cccnc1N1CCC(C(N)=O)CC1. The van der Waals surface area contributed by atoms with E-state index in [0.29, 0.717) is 12.1 Å². The van der Waals surface area contributed by atoms with Crippen LogP contribution in [-0.4, -0.2) is 34.3 Å². The number of hydrogen-bond acceptors (Lipinski definition) is 6. The molecule has 8 heteroatoms. The van der Waals surface area contributed by atoms with E-state index >= 15 is 0 Å². The van der Waals surface area contributed by atoms with Gasteiger partial charge in [0.2, 0.25) is 5.91 Å². The maximum absolute atomic E-state index is 12.5. The molecule has 2 aromatic heterocycles. The van der Waals surface area contributed by atoms with Gasteiger partial charge in [-0.05, 0) is 44.3 Å². The molecule has 0 spiro atoms. The number of amides is 2. The molecule has 0 unspecified atom stereocenters. The number of anilines is 1. The molecular formula is C18H23N5O2S. The van der Waals surface area contributed by atoms with Crippen LogP contribution in [0.5, 0.6) is 0 Å². The molecule has 0 aromatic carbocycles. The first-order valence-electron chi connectivity index (χ1n) is 8.66. The van der Waals surface area contributed by atoms with Gasteiger partial charge in [-0.2, -0.15) is 4.37 Å². The Kier molecular flexibility index (Phi) is 5.51. The number of carbonyl (C=O) groups is 2. The Morgan fingerprint density at radius 3 is 2.69 bits per heavy atom. The molecule has 0 radical (unpaired) electrons. The fraction of sp³-hybridized carbons (Fsp3) is 0.444. The van der Waals surface area contributed by atoms with E-state index in [2.05, 4.69) is 19.6 Å². The maximum atomic E-state index is 12.5. The summed E-state index contributed by atoms with van der Waals surface area (Å²) in [4.78, 5) is 31.4. The van der Waals surface area contributed by atoms with Crippen molar-refractivity contribution in [2.75, 3.05) is 18.0 Å². The number of aryl methyl sites for hydroxylation is 2. The van der Waals surface area contributed by atoms with Gasteiger partial charge in [0.15, 0.2) is 0 Å². The molecule has 0 aliphatic carbocycles. The summed E-state index contributed by atoms with van der Waals surface area (Å²) in [5.74, 6) is 0.451. The summed E-state index contributed by atoms with van der Waals surface area (Å²) in [7, 11) is 0. The third-order valence-electron chi connectivity index (χ3n) is 4.76. The number of nitrogens with zero attached hydrogens (tertiary/aromatic N) is 3. The van der Waals surface area contributed by atoms with E-state index in [0.717, 1.165) is 47.9 Å². The highest BCUT2D eigenvalue weighted by molar-refractivity contribution is 7.06. The first-order chi connectivity index (χ1) is 12.5. The van der Waals surface area contributed by atoms with Crippen LogP contribution in [0, 0.1) is 19.8 Å².